The molecule has 4 aromatic rings. The number of carbonyl (C=O) groups excluding carboxylic acids is 4. The third-order valence-electron chi connectivity index (χ3n) is 10.3. The summed E-state index contributed by atoms with van der Waals surface area (Å²) >= 11 is 2.91. The molecule has 7 rings (SSSR count). The Labute approximate surface area is 343 Å². The Morgan fingerprint density at radius 3 is 1.63 bits per heavy atom. The fraction of sp³-hybridized carbons (Fsp3) is 0.476. The molecule has 57 heavy (non-hydrogen) atoms. The molecule has 0 atom stereocenters. The van der Waals surface area contributed by atoms with Crippen LogP contribution in [0.2, 0.25) is 0 Å². The second kappa shape index (κ2) is 20.2. The van der Waals surface area contributed by atoms with E-state index in [0.29, 0.717) is 32.8 Å². The van der Waals surface area contributed by atoms with Crippen LogP contribution in [0.25, 0.3) is 0 Å². The lowest BCUT2D eigenvalue weighted by molar-refractivity contribution is 0.0346. The van der Waals surface area contributed by atoms with Crippen LogP contribution in [0.1, 0.15) is 93.0 Å². The van der Waals surface area contributed by atoms with Crippen molar-refractivity contribution in [2.75, 3.05) is 61.7 Å². The molecule has 4 amide bonds. The van der Waals surface area contributed by atoms with Gasteiger partial charge in [-0.25, -0.2) is 19.6 Å². The van der Waals surface area contributed by atoms with Gasteiger partial charge in [0, 0.05) is 71.3 Å². The second-order valence-corrected chi connectivity index (χ2v) is 17.6. The van der Waals surface area contributed by atoms with Gasteiger partial charge in [-0.15, -0.1) is 22.7 Å². The molecule has 0 unspecified atom stereocenters. The molecule has 3 heterocycles. The maximum Gasteiger partial charge on any atom is 0.325 e. The first-order valence-corrected chi connectivity index (χ1v) is 21.4. The van der Waals surface area contributed by atoms with Gasteiger partial charge in [0.1, 0.15) is 0 Å². The predicted molar refractivity (Wildman–Crippen MR) is 228 cm³/mol. The van der Waals surface area contributed by atoms with Crippen molar-refractivity contribution < 1.29 is 23.9 Å². The molecule has 1 aliphatic heterocycles. The fourth-order valence-corrected chi connectivity index (χ4v) is 9.20. The van der Waals surface area contributed by atoms with E-state index >= 15 is 0 Å². The standard InChI is InChI=1S/C22H28N4O3S.C20H26N4O2S/c1-15-6-7-19(18(12-15)20(27)16-4-2-3-5-16)24-21(28)25-22-23-13-17(30-22)14-26-8-10-29-11-9-26;1-13-8-9-17(16(10-13)18(25)14-6-4-5-7-14)22-19(26)23-20-21-11-15(27-20)12-24(2)3/h6-7,12-13,16H,2-5,8-11,14H2,1H3,(H2,23,24,25,28);8-11,14H,4-7,12H2,1-3H3,(H2,21,22,23,26). The molecule has 1 saturated heterocycles. The van der Waals surface area contributed by atoms with E-state index in [4.69, 9.17) is 4.74 Å². The number of thiazole rings is 2. The van der Waals surface area contributed by atoms with Gasteiger partial charge in [0.05, 0.1) is 24.6 Å². The van der Waals surface area contributed by atoms with Crippen molar-refractivity contribution in [2.24, 2.45) is 11.8 Å². The van der Waals surface area contributed by atoms with Crippen LogP contribution < -0.4 is 21.3 Å². The molecule has 3 fully saturated rings. The first kappa shape index (κ1) is 42.1. The van der Waals surface area contributed by atoms with Crippen molar-refractivity contribution >= 4 is 67.9 Å². The molecule has 4 N–H and O–H groups in total. The average molecular weight is 815 g/mol. The number of ketones is 2. The maximum atomic E-state index is 13.0. The summed E-state index contributed by atoms with van der Waals surface area (Å²) in [6, 6.07) is 10.4. The fourth-order valence-electron chi connectivity index (χ4n) is 7.43. The van der Waals surface area contributed by atoms with Crippen molar-refractivity contribution in [2.45, 2.75) is 78.3 Å². The van der Waals surface area contributed by atoms with E-state index in [1.165, 1.54) is 22.7 Å². The number of carbonyl (C=O) groups is 4. The molecule has 2 aliphatic carbocycles. The van der Waals surface area contributed by atoms with E-state index in [1.807, 2.05) is 63.2 Å². The molecular formula is C42H54N8O5S2. The normalized spacial score (nSPS) is 16.2. The minimum atomic E-state index is -0.384. The number of nitrogens with one attached hydrogen (secondary N) is 4. The van der Waals surface area contributed by atoms with Crippen LogP contribution in [-0.2, 0) is 17.8 Å². The predicted octanol–water partition coefficient (Wildman–Crippen LogP) is 8.83. The lowest BCUT2D eigenvalue weighted by Crippen LogP contribution is -2.35. The molecule has 13 nitrogen and oxygen atoms in total. The highest BCUT2D eigenvalue weighted by Crippen LogP contribution is 2.33. The van der Waals surface area contributed by atoms with Crippen LogP contribution in [0.5, 0.6) is 0 Å². The van der Waals surface area contributed by atoms with Gasteiger partial charge < -0.3 is 20.3 Å². The number of hydrogen-bond acceptors (Lipinski definition) is 11. The largest absolute Gasteiger partial charge is 0.379 e. The summed E-state index contributed by atoms with van der Waals surface area (Å²) in [7, 11) is 3.97. The van der Waals surface area contributed by atoms with Crippen LogP contribution in [-0.4, -0.2) is 83.8 Å². The topological polar surface area (TPSA) is 158 Å². The number of amides is 4. The molecule has 15 heteroatoms. The summed E-state index contributed by atoms with van der Waals surface area (Å²) < 4.78 is 5.37. The van der Waals surface area contributed by atoms with Gasteiger partial charge in [0.15, 0.2) is 21.8 Å². The van der Waals surface area contributed by atoms with Gasteiger partial charge in [-0.3, -0.25) is 25.1 Å². The second-order valence-electron chi connectivity index (χ2n) is 15.3. The minimum Gasteiger partial charge on any atom is -0.379 e. The van der Waals surface area contributed by atoms with Crippen LogP contribution in [0.3, 0.4) is 0 Å². The first-order chi connectivity index (χ1) is 27.5. The smallest absolute Gasteiger partial charge is 0.325 e. The lowest BCUT2D eigenvalue weighted by Gasteiger charge is -2.25. The third kappa shape index (κ3) is 12.2. The highest BCUT2D eigenvalue weighted by Gasteiger charge is 2.27. The molecule has 3 aliphatic rings. The zero-order valence-corrected chi connectivity index (χ0v) is 35.0. The van der Waals surface area contributed by atoms with E-state index in [2.05, 4.69) is 36.1 Å². The summed E-state index contributed by atoms with van der Waals surface area (Å²) in [5.41, 5.74) is 4.33. The van der Waals surface area contributed by atoms with Gasteiger partial charge in [0.2, 0.25) is 0 Å². The average Bonchev–Trinajstić information content (AvgIpc) is 4.03. The Balaban J connectivity index is 0.000000194. The number of aromatic nitrogens is 2. The van der Waals surface area contributed by atoms with Crippen LogP contribution >= 0.6 is 22.7 Å². The highest BCUT2D eigenvalue weighted by atomic mass is 32.1. The number of Topliss-reactive ketones (excluding diaryl/α,β-unsaturated/α-hetero) is 2. The molecule has 2 aromatic carbocycles. The van der Waals surface area contributed by atoms with Crippen LogP contribution in [0.15, 0.2) is 48.8 Å². The number of anilines is 4. The van der Waals surface area contributed by atoms with Gasteiger partial charge >= 0.3 is 12.1 Å². The monoisotopic (exact) mass is 814 g/mol. The van der Waals surface area contributed by atoms with Crippen molar-refractivity contribution in [3.05, 3.63) is 80.8 Å². The van der Waals surface area contributed by atoms with E-state index in [0.717, 1.165) is 112 Å². The number of rotatable bonds is 12. The van der Waals surface area contributed by atoms with Crippen molar-refractivity contribution in [3.63, 3.8) is 0 Å². The Morgan fingerprint density at radius 1 is 0.702 bits per heavy atom. The highest BCUT2D eigenvalue weighted by molar-refractivity contribution is 7.16. The van der Waals surface area contributed by atoms with E-state index < -0.39 is 0 Å². The molecule has 0 radical (unpaired) electrons. The van der Waals surface area contributed by atoms with Crippen molar-refractivity contribution in [3.8, 4) is 0 Å². The number of ether oxygens (including phenoxy) is 1. The number of morpholine rings is 1. The molecule has 0 bridgehead atoms. The molecule has 0 spiro atoms. The van der Waals surface area contributed by atoms with Gasteiger partial charge in [0.25, 0.3) is 0 Å². The zero-order valence-electron chi connectivity index (χ0n) is 33.3. The zero-order chi connectivity index (χ0) is 40.3. The van der Waals surface area contributed by atoms with Gasteiger partial charge in [-0.05, 0) is 77.9 Å². The molecule has 2 aromatic heterocycles. The number of aryl methyl sites for hydroxylation is 2. The molecule has 304 valence electrons. The number of nitrogens with zero attached hydrogens (tertiary/aromatic N) is 4. The first-order valence-electron chi connectivity index (χ1n) is 19.8. The van der Waals surface area contributed by atoms with E-state index in [1.54, 1.807) is 18.5 Å². The van der Waals surface area contributed by atoms with Crippen LogP contribution in [0, 0.1) is 25.7 Å². The number of urea groups is 2. The Hall–Kier alpha value is -4.54. The van der Waals surface area contributed by atoms with Crippen molar-refractivity contribution in [1.82, 2.24) is 19.8 Å². The third-order valence-corrected chi connectivity index (χ3v) is 12.1. The van der Waals surface area contributed by atoms with Crippen LogP contribution in [0.4, 0.5) is 31.2 Å². The summed E-state index contributed by atoms with van der Waals surface area (Å²) in [5.74, 6) is 0.405. The summed E-state index contributed by atoms with van der Waals surface area (Å²) in [4.78, 5) is 65.9. The van der Waals surface area contributed by atoms with Gasteiger partial charge in [-0.1, -0.05) is 48.9 Å². The SMILES string of the molecule is Cc1ccc(NC(=O)Nc2ncc(CN(C)C)s2)c(C(=O)C2CCCC2)c1.Cc1ccc(NC(=O)Nc2ncc(CN3CCOCC3)s2)c(C(=O)C2CCCC2)c1. The van der Waals surface area contributed by atoms with Gasteiger partial charge in [-0.2, -0.15) is 0 Å². The Bertz CT molecular complexity index is 2010. The van der Waals surface area contributed by atoms with E-state index in [9.17, 15) is 19.2 Å². The Morgan fingerprint density at radius 2 is 1.16 bits per heavy atom. The van der Waals surface area contributed by atoms with E-state index in [-0.39, 0.29) is 35.5 Å². The quantitative estimate of drug-likeness (QED) is 0.103. The van der Waals surface area contributed by atoms with Crippen molar-refractivity contribution in [1.29, 1.82) is 0 Å². The number of benzene rings is 2. The maximum absolute atomic E-state index is 13.0. The molecular weight excluding hydrogens is 761 g/mol. The number of hydrogen-bond donors (Lipinski definition) is 4. The summed E-state index contributed by atoms with van der Waals surface area (Å²) in [6.07, 6.45) is 11.7. The summed E-state index contributed by atoms with van der Waals surface area (Å²) in [6.45, 7) is 8.83. The molecule has 2 saturated carbocycles. The summed E-state index contributed by atoms with van der Waals surface area (Å²) in [5, 5.41) is 12.3. The minimum absolute atomic E-state index is 0.0668. The Kier molecular flexibility index (Phi) is 14.9. The lowest BCUT2D eigenvalue weighted by atomic mass is 9.94.